The third kappa shape index (κ3) is 4.29. The van der Waals surface area contributed by atoms with Crippen molar-refractivity contribution in [1.29, 1.82) is 0 Å². The average molecular weight is 402 g/mol. The normalized spacial score (nSPS) is 14.9. The minimum absolute atomic E-state index is 0.00216. The van der Waals surface area contributed by atoms with Crippen LogP contribution >= 0.6 is 11.6 Å². The van der Waals surface area contributed by atoms with Crippen molar-refractivity contribution in [2.45, 2.75) is 18.9 Å². The van der Waals surface area contributed by atoms with Crippen LogP contribution in [0.5, 0.6) is 0 Å². The van der Waals surface area contributed by atoms with E-state index in [4.69, 9.17) is 22.2 Å². The summed E-state index contributed by atoms with van der Waals surface area (Å²) in [5.74, 6) is 1.56. The van der Waals surface area contributed by atoms with Crippen molar-refractivity contribution in [2.24, 2.45) is 5.84 Å². The molecule has 3 N–H and O–H groups in total. The number of amides is 1. The van der Waals surface area contributed by atoms with Crippen molar-refractivity contribution in [3.8, 4) is 0 Å². The molecule has 27 heavy (non-hydrogen) atoms. The van der Waals surface area contributed by atoms with Gasteiger partial charge in [0.15, 0.2) is 17.5 Å². The molecule has 1 fully saturated rings. The Bertz CT molecular complexity index is 841. The van der Waals surface area contributed by atoms with Gasteiger partial charge in [-0.25, -0.2) is 24.0 Å². The molecule has 1 amide bonds. The first-order valence-electron chi connectivity index (χ1n) is 7.97. The van der Waals surface area contributed by atoms with Crippen LogP contribution in [0.15, 0.2) is 18.3 Å². The highest BCUT2D eigenvalue weighted by atomic mass is 35.5. The van der Waals surface area contributed by atoms with Crippen LogP contribution in [0.1, 0.15) is 23.2 Å². The highest BCUT2D eigenvalue weighted by molar-refractivity contribution is 6.28. The SMILES string of the molecule is NN(c1nc(Cl)ncc1C(=O)Nc1c(F)cc(F)cc1F)C1CCOCC1. The Morgan fingerprint density at radius 1 is 1.26 bits per heavy atom. The molecule has 2 aromatic rings. The molecule has 2 heterocycles. The monoisotopic (exact) mass is 401 g/mol. The zero-order valence-electron chi connectivity index (χ0n) is 13.9. The highest BCUT2D eigenvalue weighted by Gasteiger charge is 2.26. The number of anilines is 2. The Morgan fingerprint density at radius 3 is 2.52 bits per heavy atom. The largest absolute Gasteiger partial charge is 0.381 e. The summed E-state index contributed by atoms with van der Waals surface area (Å²) in [7, 11) is 0. The van der Waals surface area contributed by atoms with E-state index in [1.807, 2.05) is 0 Å². The van der Waals surface area contributed by atoms with Gasteiger partial charge in [0.05, 0.1) is 6.04 Å². The maximum absolute atomic E-state index is 13.8. The summed E-state index contributed by atoms with van der Waals surface area (Å²) in [4.78, 5) is 20.3. The van der Waals surface area contributed by atoms with E-state index >= 15 is 0 Å². The molecule has 0 radical (unpaired) electrons. The zero-order valence-corrected chi connectivity index (χ0v) is 14.6. The predicted octanol–water partition coefficient (Wildman–Crippen LogP) is 2.66. The fourth-order valence-corrected chi connectivity index (χ4v) is 2.82. The number of ether oxygens (including phenoxy) is 1. The lowest BCUT2D eigenvalue weighted by Crippen LogP contribution is -2.46. The molecule has 1 aliphatic rings. The molecular weight excluding hydrogens is 387 g/mol. The molecule has 0 unspecified atom stereocenters. The molecule has 1 saturated heterocycles. The number of carbonyl (C=O) groups excluding carboxylic acids is 1. The smallest absolute Gasteiger partial charge is 0.261 e. The number of nitrogens with one attached hydrogen (secondary N) is 1. The van der Waals surface area contributed by atoms with E-state index in [2.05, 4.69) is 15.3 Å². The van der Waals surface area contributed by atoms with E-state index in [0.29, 0.717) is 38.2 Å². The van der Waals surface area contributed by atoms with Gasteiger partial charge in [0, 0.05) is 31.5 Å². The number of nitrogens with two attached hydrogens (primary N) is 1. The molecule has 11 heteroatoms. The fraction of sp³-hybridized carbons (Fsp3) is 0.312. The van der Waals surface area contributed by atoms with Gasteiger partial charge in [-0.15, -0.1) is 0 Å². The Balaban J connectivity index is 1.91. The van der Waals surface area contributed by atoms with E-state index in [1.54, 1.807) is 0 Å². The lowest BCUT2D eigenvalue weighted by atomic mass is 10.1. The van der Waals surface area contributed by atoms with Crippen LogP contribution in [0.25, 0.3) is 0 Å². The van der Waals surface area contributed by atoms with Crippen molar-refractivity contribution in [2.75, 3.05) is 23.5 Å². The van der Waals surface area contributed by atoms with Gasteiger partial charge in [-0.05, 0) is 24.4 Å². The third-order valence-electron chi connectivity index (χ3n) is 4.06. The first kappa shape index (κ1) is 19.3. The summed E-state index contributed by atoms with van der Waals surface area (Å²) in [5, 5.41) is 3.17. The van der Waals surface area contributed by atoms with Gasteiger partial charge in [-0.1, -0.05) is 0 Å². The summed E-state index contributed by atoms with van der Waals surface area (Å²) in [6.45, 7) is 0.982. The molecule has 3 rings (SSSR count). The van der Waals surface area contributed by atoms with Gasteiger partial charge in [0.1, 0.15) is 17.1 Å². The zero-order chi connectivity index (χ0) is 19.6. The van der Waals surface area contributed by atoms with Crippen LogP contribution in [0.4, 0.5) is 24.7 Å². The number of hydrazine groups is 1. The van der Waals surface area contributed by atoms with Gasteiger partial charge >= 0.3 is 0 Å². The number of rotatable bonds is 4. The first-order chi connectivity index (χ1) is 12.9. The maximum Gasteiger partial charge on any atom is 0.261 e. The molecule has 1 aliphatic heterocycles. The molecule has 0 spiro atoms. The van der Waals surface area contributed by atoms with E-state index in [1.165, 1.54) is 5.01 Å². The first-order valence-corrected chi connectivity index (χ1v) is 8.34. The molecular formula is C16H15ClF3N5O2. The topological polar surface area (TPSA) is 93.4 Å². The Labute approximate surface area is 157 Å². The van der Waals surface area contributed by atoms with Crippen molar-refractivity contribution in [1.82, 2.24) is 9.97 Å². The molecule has 1 aromatic carbocycles. The summed E-state index contributed by atoms with van der Waals surface area (Å²) in [6.07, 6.45) is 2.29. The number of hydrogen-bond acceptors (Lipinski definition) is 6. The van der Waals surface area contributed by atoms with Crippen LogP contribution in [-0.4, -0.2) is 35.1 Å². The van der Waals surface area contributed by atoms with Crippen LogP contribution in [0, 0.1) is 17.5 Å². The molecule has 0 bridgehead atoms. The summed E-state index contributed by atoms with van der Waals surface area (Å²) in [6, 6.07) is 0.736. The number of carbonyl (C=O) groups is 1. The van der Waals surface area contributed by atoms with Crippen LogP contribution in [-0.2, 0) is 4.74 Å². The van der Waals surface area contributed by atoms with Gasteiger partial charge in [-0.2, -0.15) is 4.98 Å². The van der Waals surface area contributed by atoms with Crippen molar-refractivity contribution < 1.29 is 22.7 Å². The molecule has 0 saturated carbocycles. The van der Waals surface area contributed by atoms with Crippen molar-refractivity contribution in [3.63, 3.8) is 0 Å². The number of benzene rings is 1. The lowest BCUT2D eigenvalue weighted by molar-refractivity contribution is 0.0842. The summed E-state index contributed by atoms with van der Waals surface area (Å²) < 4.78 is 45.9. The highest BCUT2D eigenvalue weighted by Crippen LogP contribution is 2.25. The van der Waals surface area contributed by atoms with E-state index in [-0.39, 0.29) is 22.7 Å². The van der Waals surface area contributed by atoms with Crippen molar-refractivity contribution >= 4 is 29.0 Å². The molecule has 144 valence electrons. The predicted molar refractivity (Wildman–Crippen MR) is 91.8 cm³/mol. The minimum atomic E-state index is -1.26. The average Bonchev–Trinajstić information content (AvgIpc) is 2.64. The van der Waals surface area contributed by atoms with E-state index < -0.39 is 29.0 Å². The van der Waals surface area contributed by atoms with Gasteiger partial charge in [0.2, 0.25) is 5.28 Å². The molecule has 7 nitrogen and oxygen atoms in total. The molecule has 0 aliphatic carbocycles. The van der Waals surface area contributed by atoms with Crippen LogP contribution in [0.3, 0.4) is 0 Å². The van der Waals surface area contributed by atoms with Crippen LogP contribution in [0.2, 0.25) is 5.28 Å². The second-order valence-electron chi connectivity index (χ2n) is 5.83. The van der Waals surface area contributed by atoms with Gasteiger partial charge in [0.25, 0.3) is 5.91 Å². The van der Waals surface area contributed by atoms with Crippen LogP contribution < -0.4 is 16.2 Å². The Kier molecular flexibility index (Phi) is 5.78. The van der Waals surface area contributed by atoms with E-state index in [9.17, 15) is 18.0 Å². The van der Waals surface area contributed by atoms with Gasteiger partial charge in [-0.3, -0.25) is 9.80 Å². The number of hydrogen-bond donors (Lipinski definition) is 2. The van der Waals surface area contributed by atoms with Gasteiger partial charge < -0.3 is 10.1 Å². The lowest BCUT2D eigenvalue weighted by Gasteiger charge is -2.32. The number of halogens is 4. The quantitative estimate of drug-likeness (QED) is 0.465. The second-order valence-corrected chi connectivity index (χ2v) is 6.16. The summed E-state index contributed by atoms with van der Waals surface area (Å²) >= 11 is 5.81. The fourth-order valence-electron chi connectivity index (χ4n) is 2.69. The summed E-state index contributed by atoms with van der Waals surface area (Å²) in [5.41, 5.74) is -0.937. The van der Waals surface area contributed by atoms with E-state index in [0.717, 1.165) is 6.20 Å². The molecule has 1 aromatic heterocycles. The Hall–Kier alpha value is -2.43. The Morgan fingerprint density at radius 2 is 1.89 bits per heavy atom. The third-order valence-corrected chi connectivity index (χ3v) is 4.24. The molecule has 0 atom stereocenters. The van der Waals surface area contributed by atoms with Crippen molar-refractivity contribution in [3.05, 3.63) is 46.6 Å². The minimum Gasteiger partial charge on any atom is -0.381 e. The number of aromatic nitrogens is 2. The second kappa shape index (κ2) is 8.07. The number of nitrogens with zero attached hydrogens (tertiary/aromatic N) is 3. The maximum atomic E-state index is 13.8. The standard InChI is InChI=1S/C16H15ClF3N5O2/c17-16-22-7-10(14(24-16)25(21)9-1-3-27-4-2-9)15(26)23-13-11(19)5-8(18)6-12(13)20/h5-7,9H,1-4,21H2,(H,23,26).